The number of halogens is 2. The van der Waals surface area contributed by atoms with Gasteiger partial charge in [0.1, 0.15) is 21.5 Å². The van der Waals surface area contributed by atoms with Gasteiger partial charge in [0.2, 0.25) is 0 Å². The van der Waals surface area contributed by atoms with Gasteiger partial charge in [0.25, 0.3) is 0 Å². The van der Waals surface area contributed by atoms with Crippen LogP contribution in [-0.2, 0) is 11.2 Å². The molecule has 0 aromatic heterocycles. The fraction of sp³-hybridized carbons (Fsp3) is 0.222. The highest BCUT2D eigenvalue weighted by Crippen LogP contribution is 2.49. The molecule has 1 aromatic carbocycles. The Morgan fingerprint density at radius 3 is 2.61 bits per heavy atom. The number of benzene rings is 1. The maximum atomic E-state index is 10.8. The molecule has 0 spiro atoms. The lowest BCUT2D eigenvalue weighted by atomic mass is 10.1. The van der Waals surface area contributed by atoms with Gasteiger partial charge in [-0.3, -0.25) is 10.1 Å². The van der Waals surface area contributed by atoms with E-state index in [0.717, 1.165) is 0 Å². The van der Waals surface area contributed by atoms with Crippen molar-refractivity contribution < 1.29 is 19.6 Å². The molecule has 1 unspecified atom stereocenters. The molecular weight excluding hydrogens is 287 g/mol. The van der Waals surface area contributed by atoms with Gasteiger partial charge in [0, 0.05) is 12.0 Å². The number of nitro benzene ring substituents is 1. The molecule has 0 saturated heterocycles. The van der Waals surface area contributed by atoms with Gasteiger partial charge in [0.15, 0.2) is 6.10 Å². The van der Waals surface area contributed by atoms with E-state index in [4.69, 9.17) is 38.8 Å². The maximum Gasteiger partial charge on any atom is 0.345 e. The van der Waals surface area contributed by atoms with Crippen LogP contribution in [0.25, 0.3) is 0 Å². The zero-order valence-corrected chi connectivity index (χ0v) is 10.2. The number of rotatable bonds is 2. The van der Waals surface area contributed by atoms with E-state index in [0.29, 0.717) is 0 Å². The molecule has 1 heterocycles. The van der Waals surface area contributed by atoms with Gasteiger partial charge in [-0.05, 0) is 0 Å². The largest absolute Gasteiger partial charge is 0.478 e. The highest BCUT2D eigenvalue weighted by Gasteiger charge is 2.37. The number of nitro groups is 1. The van der Waals surface area contributed by atoms with E-state index in [9.17, 15) is 14.9 Å². The molecule has 0 aliphatic carbocycles. The van der Waals surface area contributed by atoms with Gasteiger partial charge in [-0.25, -0.2) is 4.79 Å². The molecule has 96 valence electrons. The van der Waals surface area contributed by atoms with E-state index in [1.807, 2.05) is 0 Å². The summed E-state index contributed by atoms with van der Waals surface area (Å²) >= 11 is 11.5. The van der Waals surface area contributed by atoms with Crippen molar-refractivity contribution in [3.8, 4) is 5.75 Å². The number of carbonyl (C=O) groups is 1. The van der Waals surface area contributed by atoms with Gasteiger partial charge < -0.3 is 15.6 Å². The summed E-state index contributed by atoms with van der Waals surface area (Å²) in [5.41, 5.74) is 5.06. The van der Waals surface area contributed by atoms with Crippen LogP contribution in [0.2, 0.25) is 10.0 Å². The van der Waals surface area contributed by atoms with Gasteiger partial charge >= 0.3 is 11.7 Å². The topological polar surface area (TPSA) is 116 Å². The molecule has 1 aromatic rings. The number of nitrogens with two attached hydrogens (primary N) is 1. The van der Waals surface area contributed by atoms with Crippen molar-refractivity contribution in [3.63, 3.8) is 0 Å². The summed E-state index contributed by atoms with van der Waals surface area (Å²) in [7, 11) is 0. The zero-order chi connectivity index (χ0) is 13.6. The third kappa shape index (κ3) is 1.72. The van der Waals surface area contributed by atoms with Crippen LogP contribution in [0.5, 0.6) is 5.75 Å². The highest BCUT2D eigenvalue weighted by atomic mass is 35.5. The minimum absolute atomic E-state index is 0.00262. The van der Waals surface area contributed by atoms with E-state index in [2.05, 4.69) is 0 Å². The summed E-state index contributed by atoms with van der Waals surface area (Å²) in [6, 6.07) is 0. The monoisotopic (exact) mass is 292 g/mol. The van der Waals surface area contributed by atoms with E-state index in [-0.39, 0.29) is 33.5 Å². The summed E-state index contributed by atoms with van der Waals surface area (Å²) in [5, 5.41) is 19.1. The molecule has 1 atom stereocenters. The van der Waals surface area contributed by atoms with Crippen LogP contribution in [0.4, 0.5) is 11.4 Å². The Balaban J connectivity index is 2.64. The van der Waals surface area contributed by atoms with Crippen LogP contribution in [0, 0.1) is 10.1 Å². The van der Waals surface area contributed by atoms with Crippen molar-refractivity contribution in [2.24, 2.45) is 0 Å². The van der Waals surface area contributed by atoms with Gasteiger partial charge in [-0.2, -0.15) is 0 Å². The Bertz CT molecular complexity index is 575. The first-order valence-corrected chi connectivity index (χ1v) is 5.43. The zero-order valence-electron chi connectivity index (χ0n) is 8.65. The van der Waals surface area contributed by atoms with E-state index < -0.39 is 22.7 Å². The van der Waals surface area contributed by atoms with Crippen molar-refractivity contribution in [2.45, 2.75) is 12.5 Å². The average Bonchev–Trinajstić information content (AvgIpc) is 2.71. The van der Waals surface area contributed by atoms with Gasteiger partial charge in [0.05, 0.1) is 4.92 Å². The predicted molar refractivity (Wildman–Crippen MR) is 63.3 cm³/mol. The first kappa shape index (κ1) is 12.7. The van der Waals surface area contributed by atoms with Crippen molar-refractivity contribution in [1.82, 2.24) is 0 Å². The second-order valence-electron chi connectivity index (χ2n) is 3.60. The Morgan fingerprint density at radius 2 is 2.11 bits per heavy atom. The SMILES string of the molecule is Nc1c2c(c(Cl)c(Cl)c1[N+](=O)[O-])OC(C(=O)O)C2. The van der Waals surface area contributed by atoms with Crippen LogP contribution < -0.4 is 10.5 Å². The number of aliphatic carboxylic acids is 1. The normalized spacial score (nSPS) is 17.1. The molecule has 7 nitrogen and oxygen atoms in total. The molecule has 3 N–H and O–H groups in total. The van der Waals surface area contributed by atoms with Crippen molar-refractivity contribution in [3.05, 3.63) is 25.7 Å². The van der Waals surface area contributed by atoms with Gasteiger partial charge in [-0.15, -0.1) is 0 Å². The number of fused-ring (bicyclic) bond motifs is 1. The fourth-order valence-corrected chi connectivity index (χ4v) is 2.24. The first-order chi connectivity index (χ1) is 8.34. The second-order valence-corrected chi connectivity index (χ2v) is 4.36. The quantitative estimate of drug-likeness (QED) is 0.488. The number of carboxylic acids is 1. The summed E-state index contributed by atoms with van der Waals surface area (Å²) in [6.07, 6.45) is -1.26. The Hall–Kier alpha value is -1.73. The molecule has 0 radical (unpaired) electrons. The molecule has 2 rings (SSSR count). The highest BCUT2D eigenvalue weighted by molar-refractivity contribution is 6.45. The van der Waals surface area contributed by atoms with E-state index >= 15 is 0 Å². The standard InChI is InChI=1S/C9H6Cl2N2O5/c10-4-5(11)8-2(1-3(18-8)9(14)15)6(12)7(4)13(16)17/h3H,1,12H2,(H,14,15). The lowest BCUT2D eigenvalue weighted by Crippen LogP contribution is -2.24. The summed E-state index contributed by atoms with van der Waals surface area (Å²) in [5.74, 6) is -1.21. The molecule has 0 amide bonds. The van der Waals surface area contributed by atoms with Crippen molar-refractivity contribution in [2.75, 3.05) is 5.73 Å². The minimum atomic E-state index is -1.21. The van der Waals surface area contributed by atoms with Crippen molar-refractivity contribution in [1.29, 1.82) is 0 Å². The molecule has 0 saturated carbocycles. The van der Waals surface area contributed by atoms with Crippen LogP contribution >= 0.6 is 23.2 Å². The van der Waals surface area contributed by atoms with Gasteiger partial charge in [-0.1, -0.05) is 23.2 Å². The number of carboxylic acid groups (broad SMARTS) is 1. The molecule has 9 heteroatoms. The first-order valence-electron chi connectivity index (χ1n) is 4.67. The lowest BCUT2D eigenvalue weighted by molar-refractivity contribution is -0.383. The second kappa shape index (κ2) is 4.18. The number of ether oxygens (including phenoxy) is 1. The van der Waals surface area contributed by atoms with E-state index in [1.54, 1.807) is 0 Å². The number of anilines is 1. The third-order valence-corrected chi connectivity index (χ3v) is 3.39. The molecule has 0 fully saturated rings. The molecular formula is C9H6Cl2N2O5. The molecule has 1 aliphatic heterocycles. The average molecular weight is 293 g/mol. The van der Waals surface area contributed by atoms with Crippen LogP contribution in [0.15, 0.2) is 0 Å². The number of hydrogen-bond donors (Lipinski definition) is 2. The van der Waals surface area contributed by atoms with E-state index in [1.165, 1.54) is 0 Å². The summed E-state index contributed by atoms with van der Waals surface area (Å²) in [6.45, 7) is 0. The molecule has 0 bridgehead atoms. The van der Waals surface area contributed by atoms with Crippen molar-refractivity contribution >= 4 is 40.5 Å². The number of hydrogen-bond acceptors (Lipinski definition) is 5. The van der Waals surface area contributed by atoms with Crippen LogP contribution in [0.3, 0.4) is 0 Å². The smallest absolute Gasteiger partial charge is 0.345 e. The fourth-order valence-electron chi connectivity index (χ4n) is 1.73. The number of nitrogens with zero attached hydrogens (tertiary/aromatic N) is 1. The summed E-state index contributed by atoms with van der Waals surface area (Å²) in [4.78, 5) is 20.9. The molecule has 1 aliphatic rings. The number of nitrogen functional groups attached to an aromatic ring is 1. The Morgan fingerprint density at radius 1 is 1.50 bits per heavy atom. The minimum Gasteiger partial charge on any atom is -0.478 e. The predicted octanol–water partition coefficient (Wildman–Crippen LogP) is 1.87. The summed E-state index contributed by atoms with van der Waals surface area (Å²) < 4.78 is 5.08. The third-order valence-electron chi connectivity index (χ3n) is 2.56. The van der Waals surface area contributed by atoms with Crippen LogP contribution in [-0.4, -0.2) is 22.1 Å². The lowest BCUT2D eigenvalue weighted by Gasteiger charge is -2.08. The Kier molecular flexibility index (Phi) is 2.95. The Labute approximate surface area is 110 Å². The van der Waals surface area contributed by atoms with Crippen LogP contribution in [0.1, 0.15) is 5.56 Å². The molecule has 18 heavy (non-hydrogen) atoms. The maximum absolute atomic E-state index is 10.8.